The number of thioether (sulfide) groups is 1. The van der Waals surface area contributed by atoms with E-state index < -0.39 is 17.6 Å². The Hall–Kier alpha value is -1.83. The minimum absolute atomic E-state index is 0.128. The highest BCUT2D eigenvalue weighted by Gasteiger charge is 2.37. The Morgan fingerprint density at radius 3 is 2.54 bits per heavy atom. The van der Waals surface area contributed by atoms with Crippen molar-refractivity contribution in [1.29, 1.82) is 0 Å². The molecule has 24 heavy (non-hydrogen) atoms. The van der Waals surface area contributed by atoms with Crippen LogP contribution in [0.15, 0.2) is 57.9 Å². The summed E-state index contributed by atoms with van der Waals surface area (Å²) in [6, 6.07) is 12.9. The number of carbonyl (C=O) groups excluding carboxylic acids is 2. The molecule has 1 saturated heterocycles. The van der Waals surface area contributed by atoms with Gasteiger partial charge in [0.2, 0.25) is 0 Å². The first-order chi connectivity index (χ1) is 11.5. The van der Waals surface area contributed by atoms with Crippen molar-refractivity contribution in [2.24, 2.45) is 0 Å². The fourth-order valence-corrected chi connectivity index (χ4v) is 3.83. The lowest BCUT2D eigenvalue weighted by Crippen LogP contribution is -2.34. The lowest BCUT2D eigenvalue weighted by molar-refractivity contribution is -0.120. The maximum Gasteiger partial charge on any atom is 0.273 e. The lowest BCUT2D eigenvalue weighted by atomic mass is 10.2. The van der Waals surface area contributed by atoms with Gasteiger partial charge in [0.25, 0.3) is 11.8 Å². The van der Waals surface area contributed by atoms with Crippen molar-refractivity contribution in [3.05, 3.63) is 74.9 Å². The van der Waals surface area contributed by atoms with Gasteiger partial charge in [-0.25, -0.2) is 9.29 Å². The molecule has 0 saturated carbocycles. The third kappa shape index (κ3) is 3.19. The minimum Gasteiger partial charge on any atom is -0.268 e. The van der Waals surface area contributed by atoms with Crippen LogP contribution in [0.5, 0.6) is 0 Å². The summed E-state index contributed by atoms with van der Waals surface area (Å²) in [5, 5.41) is 0. The SMILES string of the molecule is O=C1/C(=C\c2ccccc2F)SC(=S)N1C(=O)c1ccccc1Br. The van der Waals surface area contributed by atoms with Gasteiger partial charge in [0, 0.05) is 10.0 Å². The number of amides is 2. The van der Waals surface area contributed by atoms with E-state index in [1.807, 2.05) is 0 Å². The molecular formula is C17H9BrFNO2S2. The molecule has 1 heterocycles. The first kappa shape index (κ1) is 17.0. The van der Waals surface area contributed by atoms with Crippen LogP contribution < -0.4 is 0 Å². The van der Waals surface area contributed by atoms with Gasteiger partial charge in [-0.1, -0.05) is 54.3 Å². The van der Waals surface area contributed by atoms with Crippen molar-refractivity contribution in [2.45, 2.75) is 0 Å². The van der Waals surface area contributed by atoms with E-state index in [-0.39, 0.29) is 14.8 Å². The average molecular weight is 422 g/mol. The molecule has 1 fully saturated rings. The third-order valence-electron chi connectivity index (χ3n) is 3.29. The molecule has 2 amide bonds. The molecule has 0 unspecified atom stereocenters. The molecule has 0 aliphatic carbocycles. The number of imide groups is 1. The predicted octanol–water partition coefficient (Wildman–Crippen LogP) is 4.63. The summed E-state index contributed by atoms with van der Waals surface area (Å²) in [5.41, 5.74) is 0.604. The molecule has 3 rings (SSSR count). The summed E-state index contributed by atoms with van der Waals surface area (Å²) in [6.07, 6.45) is 1.40. The van der Waals surface area contributed by atoms with Crippen LogP contribution >= 0.6 is 39.9 Å². The summed E-state index contributed by atoms with van der Waals surface area (Å²) in [7, 11) is 0. The molecule has 120 valence electrons. The van der Waals surface area contributed by atoms with Crippen LogP contribution in [0, 0.1) is 5.82 Å². The van der Waals surface area contributed by atoms with Crippen LogP contribution in [0.3, 0.4) is 0 Å². The van der Waals surface area contributed by atoms with E-state index in [0.29, 0.717) is 10.0 Å². The summed E-state index contributed by atoms with van der Waals surface area (Å²) < 4.78 is 14.5. The van der Waals surface area contributed by atoms with Gasteiger partial charge in [0.1, 0.15) is 5.82 Å². The number of nitrogens with zero attached hydrogens (tertiary/aromatic N) is 1. The highest BCUT2D eigenvalue weighted by Crippen LogP contribution is 2.34. The van der Waals surface area contributed by atoms with Crippen molar-refractivity contribution in [2.75, 3.05) is 0 Å². The zero-order chi connectivity index (χ0) is 17.3. The fraction of sp³-hybridized carbons (Fsp3) is 0. The van der Waals surface area contributed by atoms with E-state index in [2.05, 4.69) is 15.9 Å². The van der Waals surface area contributed by atoms with E-state index >= 15 is 0 Å². The van der Waals surface area contributed by atoms with Crippen molar-refractivity contribution < 1.29 is 14.0 Å². The second-order valence-electron chi connectivity index (χ2n) is 4.82. The Morgan fingerprint density at radius 1 is 1.17 bits per heavy atom. The van der Waals surface area contributed by atoms with Crippen LogP contribution in [0.1, 0.15) is 15.9 Å². The van der Waals surface area contributed by atoms with Crippen LogP contribution in [-0.4, -0.2) is 21.0 Å². The van der Waals surface area contributed by atoms with Crippen LogP contribution in [0.4, 0.5) is 4.39 Å². The molecule has 0 N–H and O–H groups in total. The van der Waals surface area contributed by atoms with E-state index in [1.54, 1.807) is 42.5 Å². The molecule has 0 radical (unpaired) electrons. The Balaban J connectivity index is 1.94. The van der Waals surface area contributed by atoms with Crippen LogP contribution in [0.25, 0.3) is 6.08 Å². The van der Waals surface area contributed by atoms with Gasteiger partial charge in [0.05, 0.1) is 10.5 Å². The van der Waals surface area contributed by atoms with E-state index in [9.17, 15) is 14.0 Å². The van der Waals surface area contributed by atoms with Crippen molar-refractivity contribution >= 4 is 62.1 Å². The average Bonchev–Trinajstić information content (AvgIpc) is 2.83. The van der Waals surface area contributed by atoms with Gasteiger partial charge in [-0.3, -0.25) is 9.59 Å². The van der Waals surface area contributed by atoms with E-state index in [0.717, 1.165) is 16.7 Å². The highest BCUT2D eigenvalue weighted by atomic mass is 79.9. The largest absolute Gasteiger partial charge is 0.273 e. The van der Waals surface area contributed by atoms with Crippen molar-refractivity contribution in [3.8, 4) is 0 Å². The standard InChI is InChI=1S/C17H9BrFNO2S2/c18-12-7-3-2-6-11(12)15(21)20-16(22)14(24-17(20)23)9-10-5-1-4-8-13(10)19/h1-9H/b14-9+. The Labute approximate surface area is 155 Å². The Kier molecular flexibility index (Phi) is 4.93. The Bertz CT molecular complexity index is 898. The van der Waals surface area contributed by atoms with Gasteiger partial charge >= 0.3 is 0 Å². The fourth-order valence-electron chi connectivity index (χ4n) is 2.13. The van der Waals surface area contributed by atoms with Crippen LogP contribution in [-0.2, 0) is 4.79 Å². The number of hydrogen-bond donors (Lipinski definition) is 0. The number of carbonyl (C=O) groups is 2. The molecule has 2 aromatic carbocycles. The maximum absolute atomic E-state index is 13.8. The van der Waals surface area contributed by atoms with Gasteiger partial charge in [0.15, 0.2) is 4.32 Å². The number of hydrogen-bond acceptors (Lipinski definition) is 4. The molecule has 1 aliphatic rings. The third-order valence-corrected chi connectivity index (χ3v) is 5.29. The van der Waals surface area contributed by atoms with E-state index in [4.69, 9.17) is 12.2 Å². The molecule has 3 nitrogen and oxygen atoms in total. The number of rotatable bonds is 2. The zero-order valence-electron chi connectivity index (χ0n) is 12.0. The first-order valence-corrected chi connectivity index (χ1v) is 8.82. The number of halogens is 2. The highest BCUT2D eigenvalue weighted by molar-refractivity contribution is 9.10. The smallest absolute Gasteiger partial charge is 0.268 e. The topological polar surface area (TPSA) is 37.4 Å². The summed E-state index contributed by atoms with van der Waals surface area (Å²) in [6.45, 7) is 0. The normalized spacial score (nSPS) is 16.1. The lowest BCUT2D eigenvalue weighted by Gasteiger charge is -2.13. The van der Waals surface area contributed by atoms with Gasteiger partial charge < -0.3 is 0 Å². The van der Waals surface area contributed by atoms with E-state index in [1.165, 1.54) is 12.1 Å². The Morgan fingerprint density at radius 2 is 1.83 bits per heavy atom. The molecule has 0 aromatic heterocycles. The number of benzene rings is 2. The molecule has 0 bridgehead atoms. The molecule has 2 aromatic rings. The molecule has 1 aliphatic heterocycles. The molecule has 0 spiro atoms. The second-order valence-corrected chi connectivity index (χ2v) is 7.35. The maximum atomic E-state index is 13.8. The predicted molar refractivity (Wildman–Crippen MR) is 99.9 cm³/mol. The van der Waals surface area contributed by atoms with Crippen molar-refractivity contribution in [1.82, 2.24) is 4.90 Å². The summed E-state index contributed by atoms with van der Waals surface area (Å²) in [5.74, 6) is -1.50. The van der Waals surface area contributed by atoms with Gasteiger partial charge in [-0.05, 0) is 40.2 Å². The minimum atomic E-state index is -0.547. The summed E-state index contributed by atoms with van der Waals surface area (Å²) >= 11 is 9.43. The summed E-state index contributed by atoms with van der Waals surface area (Å²) in [4.78, 5) is 26.3. The van der Waals surface area contributed by atoms with Gasteiger partial charge in [-0.15, -0.1) is 0 Å². The quantitative estimate of drug-likeness (QED) is 0.402. The van der Waals surface area contributed by atoms with Crippen LogP contribution in [0.2, 0.25) is 0 Å². The molecule has 7 heteroatoms. The zero-order valence-corrected chi connectivity index (χ0v) is 15.3. The number of thiocarbonyl (C=S) groups is 1. The molecule has 0 atom stereocenters. The van der Waals surface area contributed by atoms with Gasteiger partial charge in [-0.2, -0.15) is 0 Å². The van der Waals surface area contributed by atoms with Crippen molar-refractivity contribution in [3.63, 3.8) is 0 Å². The molecular weight excluding hydrogens is 413 g/mol. The second kappa shape index (κ2) is 6.96. The monoisotopic (exact) mass is 421 g/mol. The first-order valence-electron chi connectivity index (χ1n) is 6.80.